The van der Waals surface area contributed by atoms with Crippen molar-refractivity contribution in [2.24, 2.45) is 0 Å². The number of hydrogen-bond acceptors (Lipinski definition) is 5. The van der Waals surface area contributed by atoms with E-state index in [9.17, 15) is 9.59 Å². The van der Waals surface area contributed by atoms with Crippen LogP contribution in [0.15, 0.2) is 54.7 Å². The Hall–Kier alpha value is -3.48. The first kappa shape index (κ1) is 19.3. The van der Waals surface area contributed by atoms with Crippen LogP contribution in [0.1, 0.15) is 34.5 Å². The third-order valence-corrected chi connectivity index (χ3v) is 4.27. The fraction of sp³-hybridized carbons (Fsp3) is 0.238. The highest BCUT2D eigenvalue weighted by Crippen LogP contribution is 2.12. The van der Waals surface area contributed by atoms with Crippen LogP contribution in [-0.4, -0.2) is 34.0 Å². The monoisotopic (exact) mass is 378 g/mol. The lowest BCUT2D eigenvalue weighted by atomic mass is 10.2. The Morgan fingerprint density at radius 2 is 1.79 bits per heavy atom. The molecule has 0 saturated heterocycles. The normalized spacial score (nSPS) is 10.5. The summed E-state index contributed by atoms with van der Waals surface area (Å²) in [6.07, 6.45) is 3.57. The first-order valence-corrected chi connectivity index (χ1v) is 9.01. The predicted octanol–water partition coefficient (Wildman–Crippen LogP) is 3.32. The van der Waals surface area contributed by atoms with Crippen molar-refractivity contribution in [3.05, 3.63) is 71.5 Å². The lowest BCUT2D eigenvalue weighted by molar-refractivity contribution is -0.116. The Labute approximate surface area is 163 Å². The number of benzene rings is 2. The van der Waals surface area contributed by atoms with Gasteiger partial charge in [0.05, 0.1) is 30.3 Å². The molecule has 1 aromatic heterocycles. The van der Waals surface area contributed by atoms with Gasteiger partial charge >= 0.3 is 5.97 Å². The number of anilines is 1. The maximum absolute atomic E-state index is 12.0. The van der Waals surface area contributed by atoms with Gasteiger partial charge in [-0.2, -0.15) is 0 Å². The van der Waals surface area contributed by atoms with E-state index in [2.05, 4.69) is 20.4 Å². The molecule has 28 heavy (non-hydrogen) atoms. The lowest BCUT2D eigenvalue weighted by Crippen LogP contribution is -2.11. The predicted molar refractivity (Wildman–Crippen MR) is 105 cm³/mol. The van der Waals surface area contributed by atoms with E-state index in [1.165, 1.54) is 7.11 Å². The molecule has 0 saturated carbocycles. The second-order valence-electron chi connectivity index (χ2n) is 6.46. The molecule has 7 heteroatoms. The van der Waals surface area contributed by atoms with Crippen LogP contribution in [0.2, 0.25) is 0 Å². The summed E-state index contributed by atoms with van der Waals surface area (Å²) >= 11 is 0. The van der Waals surface area contributed by atoms with Crippen molar-refractivity contribution in [3.63, 3.8) is 0 Å². The molecule has 7 nitrogen and oxygen atoms in total. The summed E-state index contributed by atoms with van der Waals surface area (Å²) in [4.78, 5) is 23.5. The minimum absolute atomic E-state index is 0.0188. The Morgan fingerprint density at radius 3 is 2.46 bits per heavy atom. The average molecular weight is 378 g/mol. The van der Waals surface area contributed by atoms with Crippen LogP contribution in [0.4, 0.5) is 5.69 Å². The molecule has 0 unspecified atom stereocenters. The first-order chi connectivity index (χ1) is 13.5. The molecular weight excluding hydrogens is 356 g/mol. The second kappa shape index (κ2) is 8.94. The molecule has 1 amide bonds. The number of nitrogens with zero attached hydrogens (tertiary/aromatic N) is 3. The van der Waals surface area contributed by atoms with Gasteiger partial charge in [0.15, 0.2) is 0 Å². The summed E-state index contributed by atoms with van der Waals surface area (Å²) in [5, 5.41) is 11.1. The van der Waals surface area contributed by atoms with Gasteiger partial charge in [-0.1, -0.05) is 22.9 Å². The van der Waals surface area contributed by atoms with Gasteiger partial charge in [0, 0.05) is 12.1 Å². The maximum Gasteiger partial charge on any atom is 0.337 e. The van der Waals surface area contributed by atoms with E-state index >= 15 is 0 Å². The molecule has 0 aliphatic heterocycles. The minimum atomic E-state index is -0.380. The number of ether oxygens (including phenoxy) is 1. The molecule has 0 aliphatic rings. The number of rotatable bonds is 7. The van der Waals surface area contributed by atoms with Crippen molar-refractivity contribution < 1.29 is 14.3 Å². The fourth-order valence-corrected chi connectivity index (χ4v) is 2.70. The van der Waals surface area contributed by atoms with Crippen LogP contribution in [-0.2, 0) is 16.0 Å². The molecule has 0 bridgehead atoms. The minimum Gasteiger partial charge on any atom is -0.465 e. The zero-order chi connectivity index (χ0) is 19.9. The van der Waals surface area contributed by atoms with Crippen molar-refractivity contribution in [3.8, 4) is 5.69 Å². The zero-order valence-electron chi connectivity index (χ0n) is 15.9. The van der Waals surface area contributed by atoms with E-state index in [4.69, 9.17) is 0 Å². The average Bonchev–Trinajstić information content (AvgIpc) is 3.18. The smallest absolute Gasteiger partial charge is 0.337 e. The fourth-order valence-electron chi connectivity index (χ4n) is 2.70. The molecular formula is C21H22N4O3. The zero-order valence-corrected chi connectivity index (χ0v) is 15.9. The molecule has 2 aromatic carbocycles. The molecule has 0 aliphatic carbocycles. The van der Waals surface area contributed by atoms with Crippen LogP contribution >= 0.6 is 0 Å². The summed E-state index contributed by atoms with van der Waals surface area (Å²) in [5.74, 6) is -0.399. The molecule has 1 heterocycles. The summed E-state index contributed by atoms with van der Waals surface area (Å²) in [6.45, 7) is 2.01. The number of hydrogen-bond donors (Lipinski definition) is 1. The number of carbonyl (C=O) groups is 2. The van der Waals surface area contributed by atoms with E-state index in [1.807, 2.05) is 37.4 Å². The summed E-state index contributed by atoms with van der Waals surface area (Å²) in [6, 6.07) is 14.6. The number of amides is 1. The van der Waals surface area contributed by atoms with E-state index in [0.29, 0.717) is 24.8 Å². The van der Waals surface area contributed by atoms with E-state index in [1.54, 1.807) is 28.9 Å². The molecule has 144 valence electrons. The standard InChI is InChI=1S/C21H22N4O3/c1-15-6-10-17(11-7-15)22-20(26)5-3-4-18-14-25(24-23-18)19-12-8-16(9-13-19)21(27)28-2/h6-14H,3-5H2,1-2H3,(H,22,26). The van der Waals surface area contributed by atoms with Crippen LogP contribution in [0.5, 0.6) is 0 Å². The van der Waals surface area contributed by atoms with Gasteiger partial charge < -0.3 is 10.1 Å². The third-order valence-electron chi connectivity index (χ3n) is 4.27. The number of nitrogens with one attached hydrogen (secondary N) is 1. The van der Waals surface area contributed by atoms with Gasteiger partial charge in [-0.3, -0.25) is 4.79 Å². The highest BCUT2D eigenvalue weighted by atomic mass is 16.5. The summed E-state index contributed by atoms with van der Waals surface area (Å²) in [5.41, 5.74) is 4.04. The van der Waals surface area contributed by atoms with Crippen molar-refractivity contribution in [1.29, 1.82) is 0 Å². The maximum atomic E-state index is 12.0. The Kier molecular flexibility index (Phi) is 6.16. The van der Waals surface area contributed by atoms with Crippen molar-refractivity contribution in [2.45, 2.75) is 26.2 Å². The van der Waals surface area contributed by atoms with E-state index in [0.717, 1.165) is 22.6 Å². The molecule has 1 N–H and O–H groups in total. The highest BCUT2D eigenvalue weighted by Gasteiger charge is 2.08. The SMILES string of the molecule is COC(=O)c1ccc(-n2cc(CCCC(=O)Nc3ccc(C)cc3)nn2)cc1. The van der Waals surface area contributed by atoms with Crippen molar-refractivity contribution in [2.75, 3.05) is 12.4 Å². The number of aromatic nitrogens is 3. The second-order valence-corrected chi connectivity index (χ2v) is 6.46. The molecule has 0 spiro atoms. The van der Waals surface area contributed by atoms with Gasteiger partial charge in [-0.05, 0) is 56.2 Å². The summed E-state index contributed by atoms with van der Waals surface area (Å²) < 4.78 is 6.33. The molecule has 0 fully saturated rings. The Bertz CT molecular complexity index is 947. The van der Waals surface area contributed by atoms with Crippen LogP contribution in [0, 0.1) is 6.92 Å². The summed E-state index contributed by atoms with van der Waals surface area (Å²) in [7, 11) is 1.35. The van der Waals surface area contributed by atoms with Crippen LogP contribution in [0.25, 0.3) is 5.69 Å². The Morgan fingerprint density at radius 1 is 1.07 bits per heavy atom. The van der Waals surface area contributed by atoms with E-state index in [-0.39, 0.29) is 11.9 Å². The molecule has 3 rings (SSSR count). The Balaban J connectivity index is 1.50. The largest absolute Gasteiger partial charge is 0.465 e. The van der Waals surface area contributed by atoms with E-state index < -0.39 is 0 Å². The van der Waals surface area contributed by atoms with Gasteiger partial charge in [-0.25, -0.2) is 9.48 Å². The topological polar surface area (TPSA) is 86.1 Å². The quantitative estimate of drug-likeness (QED) is 0.638. The van der Waals surface area contributed by atoms with Crippen LogP contribution < -0.4 is 5.32 Å². The molecule has 3 aromatic rings. The van der Waals surface area contributed by atoms with Gasteiger partial charge in [0.2, 0.25) is 5.91 Å². The molecule has 0 radical (unpaired) electrons. The number of methoxy groups -OCH3 is 1. The number of aryl methyl sites for hydroxylation is 2. The first-order valence-electron chi connectivity index (χ1n) is 9.01. The van der Waals surface area contributed by atoms with Crippen molar-refractivity contribution in [1.82, 2.24) is 15.0 Å². The number of carbonyl (C=O) groups excluding carboxylic acids is 2. The molecule has 0 atom stereocenters. The lowest BCUT2D eigenvalue weighted by Gasteiger charge is -2.05. The van der Waals surface area contributed by atoms with Gasteiger partial charge in [0.25, 0.3) is 0 Å². The van der Waals surface area contributed by atoms with Crippen molar-refractivity contribution >= 4 is 17.6 Å². The van der Waals surface area contributed by atoms with Crippen LogP contribution in [0.3, 0.4) is 0 Å². The highest BCUT2D eigenvalue weighted by molar-refractivity contribution is 5.90. The third kappa shape index (κ3) is 5.03. The van der Waals surface area contributed by atoms with Gasteiger partial charge in [-0.15, -0.1) is 5.10 Å². The van der Waals surface area contributed by atoms with Gasteiger partial charge in [0.1, 0.15) is 0 Å². The number of esters is 1.